The van der Waals surface area contributed by atoms with Crippen LogP contribution in [0.15, 0.2) is 54.3 Å². The zero-order valence-electron chi connectivity index (χ0n) is 16.6. The van der Waals surface area contributed by atoms with Crippen molar-refractivity contribution in [1.82, 2.24) is 15.0 Å². The number of benzene rings is 2. The third kappa shape index (κ3) is 4.19. The zero-order valence-corrected chi connectivity index (χ0v) is 19.0. The number of rotatable bonds is 5. The van der Waals surface area contributed by atoms with Gasteiger partial charge in [-0.05, 0) is 24.1 Å². The minimum atomic E-state index is -1.02. The highest BCUT2D eigenvalue weighted by atomic mass is 35.5. The number of halogens is 2. The normalized spacial score (nSPS) is 11.1. The van der Waals surface area contributed by atoms with E-state index in [2.05, 4.69) is 9.97 Å². The van der Waals surface area contributed by atoms with Crippen LogP contribution in [0, 0.1) is 0 Å². The van der Waals surface area contributed by atoms with Gasteiger partial charge in [-0.25, -0.2) is 19.7 Å². The van der Waals surface area contributed by atoms with E-state index in [1.807, 2.05) is 31.4 Å². The predicted molar refractivity (Wildman–Crippen MR) is 125 cm³/mol. The number of carboxylic acid groups (broad SMARTS) is 1. The molecule has 0 spiro atoms. The van der Waals surface area contributed by atoms with Gasteiger partial charge < -0.3 is 5.11 Å². The van der Waals surface area contributed by atoms with Crippen molar-refractivity contribution in [3.8, 4) is 33.0 Å². The first kappa shape index (κ1) is 21.4. The molecule has 0 aliphatic rings. The van der Waals surface area contributed by atoms with Crippen LogP contribution in [0.5, 0.6) is 0 Å². The first-order valence-corrected chi connectivity index (χ1v) is 11.1. The Morgan fingerprint density at radius 3 is 2.61 bits per heavy atom. The molecule has 0 bridgehead atoms. The van der Waals surface area contributed by atoms with Crippen LogP contribution < -0.4 is 0 Å². The Morgan fingerprint density at radius 1 is 1.10 bits per heavy atom. The number of aromatic nitrogens is 3. The lowest BCUT2D eigenvalue weighted by molar-refractivity contribution is 0.0697. The first-order chi connectivity index (χ1) is 14.9. The predicted octanol–water partition coefficient (Wildman–Crippen LogP) is 7.06. The number of nitrogens with zero attached hydrogens (tertiary/aromatic N) is 3. The van der Waals surface area contributed by atoms with Crippen LogP contribution in [-0.4, -0.2) is 26.0 Å². The molecule has 1 N–H and O–H groups in total. The molecule has 0 atom stereocenters. The molecule has 156 valence electrons. The zero-order chi connectivity index (χ0) is 22.1. The largest absolute Gasteiger partial charge is 0.478 e. The highest BCUT2D eigenvalue weighted by Crippen LogP contribution is 2.40. The minimum Gasteiger partial charge on any atom is -0.478 e. The van der Waals surface area contributed by atoms with Gasteiger partial charge in [0.15, 0.2) is 0 Å². The summed E-state index contributed by atoms with van der Waals surface area (Å²) in [5.41, 5.74) is 4.50. The van der Waals surface area contributed by atoms with Gasteiger partial charge in [0, 0.05) is 33.8 Å². The van der Waals surface area contributed by atoms with E-state index < -0.39 is 5.97 Å². The molecular formula is C23H17Cl2N3O2S. The number of thiazole rings is 1. The summed E-state index contributed by atoms with van der Waals surface area (Å²) < 4.78 is 0. The third-order valence-electron chi connectivity index (χ3n) is 4.80. The average Bonchev–Trinajstić information content (AvgIpc) is 3.25. The molecule has 2 aromatic carbocycles. The number of carboxylic acids is 1. The molecule has 0 unspecified atom stereocenters. The van der Waals surface area contributed by atoms with E-state index in [9.17, 15) is 9.90 Å². The molecule has 31 heavy (non-hydrogen) atoms. The summed E-state index contributed by atoms with van der Waals surface area (Å²) in [4.78, 5) is 25.4. The summed E-state index contributed by atoms with van der Waals surface area (Å²) in [6, 6.07) is 10.5. The van der Waals surface area contributed by atoms with Crippen molar-refractivity contribution in [2.75, 3.05) is 0 Å². The Hall–Kier alpha value is -2.80. The monoisotopic (exact) mass is 469 g/mol. The van der Waals surface area contributed by atoms with E-state index in [0.29, 0.717) is 31.7 Å². The molecule has 0 aliphatic carbocycles. The van der Waals surface area contributed by atoms with Crippen LogP contribution in [0.2, 0.25) is 10.0 Å². The Labute approximate surface area is 193 Å². The molecule has 0 radical (unpaired) electrons. The highest BCUT2D eigenvalue weighted by molar-refractivity contribution is 7.13. The minimum absolute atomic E-state index is 0.0933. The third-order valence-corrected chi connectivity index (χ3v) is 6.42. The molecule has 0 amide bonds. The van der Waals surface area contributed by atoms with Gasteiger partial charge in [0.2, 0.25) is 0 Å². The molecule has 4 rings (SSSR count). The Kier molecular flexibility index (Phi) is 6.05. The van der Waals surface area contributed by atoms with E-state index in [4.69, 9.17) is 28.2 Å². The SMILES string of the molecule is CC(C)c1ncncc1-c1c(C(=O)O)cccc1-c1nc(-c2ccc(Cl)c(Cl)c2)cs1. The summed E-state index contributed by atoms with van der Waals surface area (Å²) in [5.74, 6) is -0.924. The fourth-order valence-corrected chi connectivity index (χ4v) is 4.53. The van der Waals surface area contributed by atoms with Crippen LogP contribution in [0.3, 0.4) is 0 Å². The molecule has 0 fully saturated rings. The lowest BCUT2D eigenvalue weighted by Gasteiger charge is -2.16. The number of hydrogen-bond acceptors (Lipinski definition) is 5. The number of hydrogen-bond donors (Lipinski definition) is 1. The molecule has 0 aliphatic heterocycles. The van der Waals surface area contributed by atoms with Gasteiger partial charge in [-0.1, -0.05) is 55.2 Å². The van der Waals surface area contributed by atoms with Crippen molar-refractivity contribution in [2.24, 2.45) is 0 Å². The van der Waals surface area contributed by atoms with Crippen molar-refractivity contribution in [1.29, 1.82) is 0 Å². The highest BCUT2D eigenvalue weighted by Gasteiger charge is 2.23. The van der Waals surface area contributed by atoms with Crippen molar-refractivity contribution in [2.45, 2.75) is 19.8 Å². The second-order valence-electron chi connectivity index (χ2n) is 7.18. The van der Waals surface area contributed by atoms with Gasteiger partial charge in [0.1, 0.15) is 11.3 Å². The maximum Gasteiger partial charge on any atom is 0.336 e. The van der Waals surface area contributed by atoms with Crippen LogP contribution in [0.25, 0.3) is 33.0 Å². The fraction of sp³-hybridized carbons (Fsp3) is 0.130. The van der Waals surface area contributed by atoms with Gasteiger partial charge in [-0.15, -0.1) is 11.3 Å². The van der Waals surface area contributed by atoms with Crippen molar-refractivity contribution >= 4 is 40.5 Å². The Balaban J connectivity index is 1.91. The fourth-order valence-electron chi connectivity index (χ4n) is 3.38. The van der Waals surface area contributed by atoms with E-state index in [1.54, 1.807) is 30.5 Å². The van der Waals surface area contributed by atoms with E-state index in [0.717, 1.165) is 17.0 Å². The van der Waals surface area contributed by atoms with E-state index in [1.165, 1.54) is 17.7 Å². The summed E-state index contributed by atoms with van der Waals surface area (Å²) >= 11 is 13.6. The molecule has 2 aromatic heterocycles. The van der Waals surface area contributed by atoms with Crippen LogP contribution >= 0.6 is 34.5 Å². The summed E-state index contributed by atoms with van der Waals surface area (Å²) in [6.45, 7) is 4.03. The quantitative estimate of drug-likeness (QED) is 0.338. The lowest BCUT2D eigenvalue weighted by atomic mass is 9.91. The summed E-state index contributed by atoms with van der Waals surface area (Å²) in [7, 11) is 0. The van der Waals surface area contributed by atoms with E-state index >= 15 is 0 Å². The molecule has 4 aromatic rings. The molecule has 8 heteroatoms. The van der Waals surface area contributed by atoms with E-state index in [-0.39, 0.29) is 11.5 Å². The lowest BCUT2D eigenvalue weighted by Crippen LogP contribution is -2.05. The van der Waals surface area contributed by atoms with Crippen LogP contribution in [-0.2, 0) is 0 Å². The maximum absolute atomic E-state index is 12.1. The molecule has 0 saturated carbocycles. The van der Waals surface area contributed by atoms with Crippen molar-refractivity contribution < 1.29 is 9.90 Å². The summed E-state index contributed by atoms with van der Waals surface area (Å²) in [6.07, 6.45) is 3.15. The Morgan fingerprint density at radius 2 is 1.90 bits per heavy atom. The smallest absolute Gasteiger partial charge is 0.336 e. The second kappa shape index (κ2) is 8.75. The summed E-state index contributed by atoms with van der Waals surface area (Å²) in [5, 5.41) is 13.4. The molecule has 2 heterocycles. The molecule has 5 nitrogen and oxygen atoms in total. The van der Waals surface area contributed by atoms with Gasteiger partial charge >= 0.3 is 5.97 Å². The van der Waals surface area contributed by atoms with Gasteiger partial charge in [-0.3, -0.25) is 0 Å². The van der Waals surface area contributed by atoms with Crippen LogP contribution in [0.4, 0.5) is 0 Å². The second-order valence-corrected chi connectivity index (χ2v) is 8.85. The average molecular weight is 470 g/mol. The number of aromatic carboxylic acids is 1. The van der Waals surface area contributed by atoms with Crippen molar-refractivity contribution in [3.63, 3.8) is 0 Å². The maximum atomic E-state index is 12.1. The van der Waals surface area contributed by atoms with Crippen molar-refractivity contribution in [3.05, 3.63) is 75.6 Å². The van der Waals surface area contributed by atoms with Crippen LogP contribution in [0.1, 0.15) is 35.8 Å². The van der Waals surface area contributed by atoms with Gasteiger partial charge in [-0.2, -0.15) is 0 Å². The topological polar surface area (TPSA) is 76.0 Å². The molecular weight excluding hydrogens is 453 g/mol. The molecule has 0 saturated heterocycles. The standard InChI is InChI=1S/C23H17Cl2N3O2S/c1-12(2)21-16(9-26-11-27-21)20-14(4-3-5-15(20)23(29)30)22-28-19(10-31-22)13-6-7-17(24)18(25)8-13/h3-12H,1-2H3,(H,29,30). The Bertz CT molecular complexity index is 1290. The van der Waals surface area contributed by atoms with Gasteiger partial charge in [0.05, 0.1) is 27.0 Å². The number of carbonyl (C=O) groups is 1. The van der Waals surface area contributed by atoms with Gasteiger partial charge in [0.25, 0.3) is 0 Å². The first-order valence-electron chi connectivity index (χ1n) is 9.44.